The van der Waals surface area contributed by atoms with E-state index in [2.05, 4.69) is 18.7 Å². The highest BCUT2D eigenvalue weighted by atomic mass is 16.6. The van der Waals surface area contributed by atoms with Gasteiger partial charge in [0.2, 0.25) is 0 Å². The Morgan fingerprint density at radius 1 is 1.12 bits per heavy atom. The first-order chi connectivity index (χ1) is 8.08. The molecule has 4 heteroatoms. The van der Waals surface area contributed by atoms with Gasteiger partial charge in [0.05, 0.1) is 6.10 Å². The van der Waals surface area contributed by atoms with Crippen molar-refractivity contribution in [2.45, 2.75) is 52.7 Å². The van der Waals surface area contributed by atoms with E-state index in [1.165, 1.54) is 12.8 Å². The molecule has 1 aliphatic heterocycles. The van der Waals surface area contributed by atoms with Gasteiger partial charge in [-0.25, -0.2) is 4.79 Å². The molecule has 0 aromatic rings. The van der Waals surface area contributed by atoms with Crippen LogP contribution in [0.25, 0.3) is 0 Å². The van der Waals surface area contributed by atoms with Crippen molar-refractivity contribution in [3.05, 3.63) is 0 Å². The Hall–Kier alpha value is -0.770. The lowest BCUT2D eigenvalue weighted by Gasteiger charge is -2.38. The molecule has 0 aliphatic carbocycles. The Morgan fingerprint density at radius 3 is 2.06 bits per heavy atom. The average Bonchev–Trinajstić information content (AvgIpc) is 2.30. The molecular formula is C13H26N2O2. The number of ether oxygens (including phenoxy) is 1. The third-order valence-electron chi connectivity index (χ3n) is 3.37. The topological polar surface area (TPSA) is 32.8 Å². The first-order valence-electron chi connectivity index (χ1n) is 6.78. The molecule has 1 fully saturated rings. The quantitative estimate of drug-likeness (QED) is 0.758. The zero-order valence-electron chi connectivity index (χ0n) is 11.6. The van der Waals surface area contributed by atoms with Crippen molar-refractivity contribution in [3.8, 4) is 0 Å². The number of hydrogen-bond acceptors (Lipinski definition) is 3. The molecule has 0 saturated carbocycles. The lowest BCUT2D eigenvalue weighted by atomic mass is 10.1. The average molecular weight is 242 g/mol. The van der Waals surface area contributed by atoms with E-state index in [0.29, 0.717) is 6.04 Å². The number of rotatable bonds is 4. The predicted molar refractivity (Wildman–Crippen MR) is 69.1 cm³/mol. The van der Waals surface area contributed by atoms with Gasteiger partial charge in [0.25, 0.3) is 0 Å². The van der Waals surface area contributed by atoms with E-state index in [4.69, 9.17) is 4.74 Å². The van der Waals surface area contributed by atoms with E-state index in [1.807, 2.05) is 18.7 Å². The Bertz CT molecular complexity index is 232. The first-order valence-corrected chi connectivity index (χ1v) is 6.78. The molecule has 1 saturated heterocycles. The third kappa shape index (κ3) is 4.19. The third-order valence-corrected chi connectivity index (χ3v) is 3.37. The van der Waals surface area contributed by atoms with Gasteiger partial charge in [-0.3, -0.25) is 4.90 Å². The summed E-state index contributed by atoms with van der Waals surface area (Å²) in [5, 5.41) is 0. The van der Waals surface area contributed by atoms with Crippen LogP contribution in [0.15, 0.2) is 0 Å². The second-order valence-corrected chi connectivity index (χ2v) is 4.93. The summed E-state index contributed by atoms with van der Waals surface area (Å²) in [5.74, 6) is 0. The summed E-state index contributed by atoms with van der Waals surface area (Å²) in [5.41, 5.74) is 0. The van der Waals surface area contributed by atoms with Crippen LogP contribution in [-0.2, 0) is 4.74 Å². The molecule has 0 radical (unpaired) electrons. The molecule has 0 aromatic heterocycles. The van der Waals surface area contributed by atoms with Crippen LogP contribution in [0.4, 0.5) is 4.79 Å². The molecule has 0 aromatic carbocycles. The van der Waals surface area contributed by atoms with Crippen molar-refractivity contribution in [1.82, 2.24) is 9.80 Å². The number of amides is 1. The molecule has 100 valence electrons. The van der Waals surface area contributed by atoms with Gasteiger partial charge in [-0.2, -0.15) is 0 Å². The van der Waals surface area contributed by atoms with Crippen LogP contribution in [0.3, 0.4) is 0 Å². The second-order valence-electron chi connectivity index (χ2n) is 4.93. The monoisotopic (exact) mass is 242 g/mol. The van der Waals surface area contributed by atoms with Crippen molar-refractivity contribution in [2.75, 3.05) is 26.2 Å². The van der Waals surface area contributed by atoms with Crippen molar-refractivity contribution >= 4 is 6.09 Å². The molecule has 1 heterocycles. The molecule has 1 rings (SSSR count). The van der Waals surface area contributed by atoms with Crippen molar-refractivity contribution in [2.24, 2.45) is 0 Å². The van der Waals surface area contributed by atoms with Crippen LogP contribution in [0.1, 0.15) is 40.5 Å². The zero-order chi connectivity index (χ0) is 12.8. The normalized spacial score (nSPS) is 17.9. The minimum Gasteiger partial charge on any atom is -0.447 e. The fourth-order valence-corrected chi connectivity index (χ4v) is 2.35. The molecule has 1 amide bonds. The Balaban J connectivity index is 2.37. The van der Waals surface area contributed by atoms with Gasteiger partial charge in [0.15, 0.2) is 0 Å². The maximum Gasteiger partial charge on any atom is 0.410 e. The van der Waals surface area contributed by atoms with Gasteiger partial charge in [-0.1, -0.05) is 13.8 Å². The fraction of sp³-hybridized carbons (Fsp3) is 0.923. The fourth-order valence-electron chi connectivity index (χ4n) is 2.35. The summed E-state index contributed by atoms with van der Waals surface area (Å²) in [7, 11) is 0. The van der Waals surface area contributed by atoms with Crippen LogP contribution >= 0.6 is 0 Å². The molecular weight excluding hydrogens is 216 g/mol. The van der Waals surface area contributed by atoms with Gasteiger partial charge in [0.1, 0.15) is 0 Å². The van der Waals surface area contributed by atoms with Crippen LogP contribution < -0.4 is 0 Å². The van der Waals surface area contributed by atoms with Gasteiger partial charge >= 0.3 is 6.09 Å². The van der Waals surface area contributed by atoms with Crippen LogP contribution in [0, 0.1) is 0 Å². The molecule has 4 nitrogen and oxygen atoms in total. The lowest BCUT2D eigenvalue weighted by molar-refractivity contribution is 0.0469. The zero-order valence-corrected chi connectivity index (χ0v) is 11.6. The van der Waals surface area contributed by atoms with E-state index in [0.717, 1.165) is 26.2 Å². The van der Waals surface area contributed by atoms with Crippen LogP contribution in [-0.4, -0.2) is 54.2 Å². The molecule has 1 aliphatic rings. The van der Waals surface area contributed by atoms with Gasteiger partial charge in [-0.15, -0.1) is 0 Å². The Morgan fingerprint density at radius 2 is 1.65 bits per heavy atom. The lowest BCUT2D eigenvalue weighted by Crippen LogP contribution is -2.52. The van der Waals surface area contributed by atoms with Gasteiger partial charge in [-0.05, 0) is 26.7 Å². The number of carbonyl (C=O) groups excluding carboxylic acids is 1. The highest BCUT2D eigenvalue weighted by Gasteiger charge is 2.25. The standard InChI is InChI=1S/C13H26N2O2/c1-5-12(6-2)14-7-9-15(10-8-14)13(16)17-11(3)4/h11-12H,5-10H2,1-4H3. The minimum absolute atomic E-state index is 0.0282. The summed E-state index contributed by atoms with van der Waals surface area (Å²) in [4.78, 5) is 16.0. The second kappa shape index (κ2) is 6.84. The van der Waals surface area contributed by atoms with Gasteiger partial charge in [0, 0.05) is 32.2 Å². The summed E-state index contributed by atoms with van der Waals surface area (Å²) in [6, 6.07) is 0.665. The Labute approximate surface area is 105 Å². The SMILES string of the molecule is CCC(CC)N1CCN(C(=O)OC(C)C)CC1. The molecule has 17 heavy (non-hydrogen) atoms. The molecule has 0 bridgehead atoms. The largest absolute Gasteiger partial charge is 0.447 e. The van der Waals surface area contributed by atoms with E-state index < -0.39 is 0 Å². The van der Waals surface area contributed by atoms with Crippen LogP contribution in [0.2, 0.25) is 0 Å². The Kier molecular flexibility index (Phi) is 5.75. The molecule has 0 unspecified atom stereocenters. The molecule has 0 N–H and O–H groups in total. The maximum atomic E-state index is 11.7. The number of piperazine rings is 1. The highest BCUT2D eigenvalue weighted by molar-refractivity contribution is 5.67. The van der Waals surface area contributed by atoms with Crippen molar-refractivity contribution in [1.29, 1.82) is 0 Å². The number of nitrogens with zero attached hydrogens (tertiary/aromatic N) is 2. The summed E-state index contributed by atoms with van der Waals surface area (Å²) in [6.45, 7) is 11.8. The van der Waals surface area contributed by atoms with Crippen molar-refractivity contribution < 1.29 is 9.53 Å². The number of hydrogen-bond donors (Lipinski definition) is 0. The van der Waals surface area contributed by atoms with Crippen LogP contribution in [0.5, 0.6) is 0 Å². The predicted octanol–water partition coefficient (Wildman–Crippen LogP) is 2.34. The summed E-state index contributed by atoms with van der Waals surface area (Å²) in [6.07, 6.45) is 2.18. The van der Waals surface area contributed by atoms with Crippen molar-refractivity contribution in [3.63, 3.8) is 0 Å². The first kappa shape index (κ1) is 14.3. The summed E-state index contributed by atoms with van der Waals surface area (Å²) >= 11 is 0. The summed E-state index contributed by atoms with van der Waals surface area (Å²) < 4.78 is 5.21. The van der Waals surface area contributed by atoms with E-state index >= 15 is 0 Å². The van der Waals surface area contributed by atoms with E-state index in [1.54, 1.807) is 0 Å². The minimum atomic E-state index is -0.163. The maximum absolute atomic E-state index is 11.7. The smallest absolute Gasteiger partial charge is 0.410 e. The number of carbonyl (C=O) groups is 1. The van der Waals surface area contributed by atoms with E-state index in [-0.39, 0.29) is 12.2 Å². The van der Waals surface area contributed by atoms with Gasteiger partial charge < -0.3 is 9.64 Å². The van der Waals surface area contributed by atoms with E-state index in [9.17, 15) is 4.79 Å². The molecule has 0 atom stereocenters. The molecule has 0 spiro atoms. The highest BCUT2D eigenvalue weighted by Crippen LogP contribution is 2.12.